The summed E-state index contributed by atoms with van der Waals surface area (Å²) in [7, 11) is 1.57. The first kappa shape index (κ1) is 14.6. The Morgan fingerprint density at radius 3 is 2.20 bits per heavy atom. The van der Waals surface area contributed by atoms with Gasteiger partial charge in [0.25, 0.3) is 0 Å². The molecule has 3 heteroatoms. The number of Topliss-reactive ketones (excluding diaryl/α,β-unsaturated/α-hetero) is 1. The molecule has 0 rings (SSSR count). The van der Waals surface area contributed by atoms with Gasteiger partial charge in [-0.3, -0.25) is 4.79 Å². The van der Waals surface area contributed by atoms with E-state index in [4.69, 9.17) is 9.47 Å². The van der Waals surface area contributed by atoms with Gasteiger partial charge in [-0.25, -0.2) is 0 Å². The highest BCUT2D eigenvalue weighted by Crippen LogP contribution is 2.18. The van der Waals surface area contributed by atoms with Crippen LogP contribution in [0.3, 0.4) is 0 Å². The summed E-state index contributed by atoms with van der Waals surface area (Å²) in [6.07, 6.45) is 1.83. The van der Waals surface area contributed by atoms with E-state index in [9.17, 15) is 4.79 Å². The normalized spacial score (nSPS) is 15.3. The quantitative estimate of drug-likeness (QED) is 0.585. The molecule has 0 aliphatic rings. The molecule has 0 amide bonds. The fraction of sp³-hybridized carbons (Fsp3) is 0.917. The van der Waals surface area contributed by atoms with Crippen molar-refractivity contribution in [3.63, 3.8) is 0 Å². The maximum absolute atomic E-state index is 11.4. The number of carbonyl (C=O) groups excluding carboxylic acids is 1. The zero-order valence-corrected chi connectivity index (χ0v) is 10.6. The summed E-state index contributed by atoms with van der Waals surface area (Å²) >= 11 is 0. The van der Waals surface area contributed by atoms with E-state index in [1.807, 2.05) is 0 Å². The maximum atomic E-state index is 11.4. The molecule has 2 unspecified atom stereocenters. The zero-order valence-electron chi connectivity index (χ0n) is 10.6. The summed E-state index contributed by atoms with van der Waals surface area (Å²) in [5, 5.41) is 0. The molecule has 0 aliphatic heterocycles. The second-order valence-corrected chi connectivity index (χ2v) is 4.55. The van der Waals surface area contributed by atoms with Crippen molar-refractivity contribution in [2.75, 3.05) is 13.9 Å². The Morgan fingerprint density at radius 2 is 1.80 bits per heavy atom. The predicted molar refractivity (Wildman–Crippen MR) is 60.7 cm³/mol. The molecule has 15 heavy (non-hydrogen) atoms. The topological polar surface area (TPSA) is 35.5 Å². The smallest absolute Gasteiger partial charge is 0.158 e. The van der Waals surface area contributed by atoms with Crippen LogP contribution in [0.5, 0.6) is 0 Å². The van der Waals surface area contributed by atoms with Gasteiger partial charge in [0.1, 0.15) is 12.9 Å². The summed E-state index contributed by atoms with van der Waals surface area (Å²) in [5.41, 5.74) is 0. The van der Waals surface area contributed by atoms with Gasteiger partial charge in [-0.1, -0.05) is 27.2 Å². The van der Waals surface area contributed by atoms with Crippen LogP contribution >= 0.6 is 0 Å². The molecule has 0 aromatic heterocycles. The van der Waals surface area contributed by atoms with Crippen LogP contribution in [0.15, 0.2) is 0 Å². The fourth-order valence-electron chi connectivity index (χ4n) is 1.57. The minimum absolute atomic E-state index is 0.0864. The monoisotopic (exact) mass is 216 g/mol. The Kier molecular flexibility index (Phi) is 7.61. The summed E-state index contributed by atoms with van der Waals surface area (Å²) in [6.45, 7) is 8.20. The van der Waals surface area contributed by atoms with E-state index < -0.39 is 0 Å². The molecule has 0 fully saturated rings. The van der Waals surface area contributed by atoms with Crippen molar-refractivity contribution in [2.24, 2.45) is 11.8 Å². The van der Waals surface area contributed by atoms with Crippen LogP contribution in [0.4, 0.5) is 0 Å². The van der Waals surface area contributed by atoms with E-state index in [0.717, 1.165) is 12.8 Å². The van der Waals surface area contributed by atoms with Crippen LogP contribution in [0, 0.1) is 11.8 Å². The van der Waals surface area contributed by atoms with Crippen molar-refractivity contribution in [3.05, 3.63) is 0 Å². The Labute approximate surface area is 93.1 Å². The Morgan fingerprint density at radius 1 is 1.20 bits per heavy atom. The maximum Gasteiger partial charge on any atom is 0.158 e. The molecule has 0 bridgehead atoms. The summed E-state index contributed by atoms with van der Waals surface area (Å²) < 4.78 is 10.2. The average molecular weight is 216 g/mol. The van der Waals surface area contributed by atoms with Gasteiger partial charge in [-0.2, -0.15) is 0 Å². The highest BCUT2D eigenvalue weighted by molar-refractivity contribution is 5.80. The van der Waals surface area contributed by atoms with Gasteiger partial charge in [0.15, 0.2) is 5.78 Å². The van der Waals surface area contributed by atoms with Gasteiger partial charge >= 0.3 is 0 Å². The standard InChI is InChI=1S/C12H24O3/c1-9(2)6-7-10(3)12(11(4)13)15-8-14-5/h9-10,12H,6-8H2,1-5H3. The lowest BCUT2D eigenvalue weighted by atomic mass is 9.93. The molecule has 0 aliphatic carbocycles. The fourth-order valence-corrected chi connectivity index (χ4v) is 1.57. The van der Waals surface area contributed by atoms with Crippen LogP contribution in [0.2, 0.25) is 0 Å². The minimum atomic E-state index is -0.316. The number of hydrogen-bond acceptors (Lipinski definition) is 3. The first-order valence-electron chi connectivity index (χ1n) is 5.60. The lowest BCUT2D eigenvalue weighted by molar-refractivity contribution is -0.143. The van der Waals surface area contributed by atoms with Crippen LogP contribution in [-0.2, 0) is 14.3 Å². The van der Waals surface area contributed by atoms with Gasteiger partial charge in [0.2, 0.25) is 0 Å². The van der Waals surface area contributed by atoms with Crippen molar-refractivity contribution in [1.82, 2.24) is 0 Å². The molecule has 0 saturated heterocycles. The van der Waals surface area contributed by atoms with E-state index in [0.29, 0.717) is 5.92 Å². The van der Waals surface area contributed by atoms with Crippen LogP contribution in [0.25, 0.3) is 0 Å². The van der Waals surface area contributed by atoms with E-state index in [-0.39, 0.29) is 24.6 Å². The van der Waals surface area contributed by atoms with Gasteiger partial charge in [0, 0.05) is 7.11 Å². The molecular weight excluding hydrogens is 192 g/mol. The van der Waals surface area contributed by atoms with Crippen LogP contribution in [0.1, 0.15) is 40.5 Å². The zero-order chi connectivity index (χ0) is 11.8. The van der Waals surface area contributed by atoms with E-state index in [2.05, 4.69) is 20.8 Å². The summed E-state index contributed by atoms with van der Waals surface area (Å²) in [4.78, 5) is 11.4. The third-order valence-corrected chi connectivity index (χ3v) is 2.48. The molecule has 90 valence electrons. The molecule has 0 radical (unpaired) electrons. The van der Waals surface area contributed by atoms with Crippen molar-refractivity contribution in [2.45, 2.75) is 46.6 Å². The average Bonchev–Trinajstić information content (AvgIpc) is 2.14. The molecule has 0 aromatic rings. The second kappa shape index (κ2) is 7.83. The lowest BCUT2D eigenvalue weighted by Gasteiger charge is -2.22. The predicted octanol–water partition coefficient (Wildman–Crippen LogP) is 2.64. The molecule has 0 N–H and O–H groups in total. The highest BCUT2D eigenvalue weighted by Gasteiger charge is 2.22. The first-order chi connectivity index (χ1) is 6.99. The highest BCUT2D eigenvalue weighted by atomic mass is 16.7. The number of ketones is 1. The van der Waals surface area contributed by atoms with Crippen LogP contribution in [-0.4, -0.2) is 25.8 Å². The minimum Gasteiger partial charge on any atom is -0.359 e. The SMILES string of the molecule is COCOC(C(C)=O)C(C)CCC(C)C. The van der Waals surface area contributed by atoms with Gasteiger partial charge in [-0.15, -0.1) is 0 Å². The van der Waals surface area contributed by atoms with Crippen LogP contribution < -0.4 is 0 Å². The number of hydrogen-bond donors (Lipinski definition) is 0. The Hall–Kier alpha value is -0.410. The molecule has 0 aromatic carbocycles. The largest absolute Gasteiger partial charge is 0.359 e. The number of methoxy groups -OCH3 is 1. The molecule has 0 heterocycles. The first-order valence-corrected chi connectivity index (χ1v) is 5.60. The van der Waals surface area contributed by atoms with Crippen molar-refractivity contribution in [1.29, 1.82) is 0 Å². The Bertz CT molecular complexity index is 178. The second-order valence-electron chi connectivity index (χ2n) is 4.55. The molecule has 0 spiro atoms. The third-order valence-electron chi connectivity index (χ3n) is 2.48. The van der Waals surface area contributed by atoms with Gasteiger partial charge in [0.05, 0.1) is 0 Å². The van der Waals surface area contributed by atoms with E-state index >= 15 is 0 Å². The molecule has 2 atom stereocenters. The van der Waals surface area contributed by atoms with E-state index in [1.165, 1.54) is 0 Å². The van der Waals surface area contributed by atoms with Crippen molar-refractivity contribution < 1.29 is 14.3 Å². The van der Waals surface area contributed by atoms with Crippen molar-refractivity contribution >= 4 is 5.78 Å². The van der Waals surface area contributed by atoms with Crippen molar-refractivity contribution in [3.8, 4) is 0 Å². The van der Waals surface area contributed by atoms with Gasteiger partial charge in [-0.05, 0) is 25.2 Å². The number of carbonyl (C=O) groups is 1. The lowest BCUT2D eigenvalue weighted by Crippen LogP contribution is -2.30. The number of rotatable bonds is 8. The third kappa shape index (κ3) is 6.63. The summed E-state index contributed by atoms with van der Waals surface area (Å²) in [5.74, 6) is 1.02. The van der Waals surface area contributed by atoms with E-state index in [1.54, 1.807) is 14.0 Å². The van der Waals surface area contributed by atoms with Gasteiger partial charge < -0.3 is 9.47 Å². The Balaban J connectivity index is 4.04. The molecule has 0 saturated carbocycles. The number of ether oxygens (including phenoxy) is 2. The molecule has 3 nitrogen and oxygen atoms in total. The summed E-state index contributed by atoms with van der Waals surface area (Å²) in [6, 6.07) is 0. The molecular formula is C12H24O3.